The van der Waals surface area contributed by atoms with Gasteiger partial charge in [0.2, 0.25) is 0 Å². The van der Waals surface area contributed by atoms with Gasteiger partial charge in [0.05, 0.1) is 4.91 Å². The van der Waals surface area contributed by atoms with E-state index in [2.05, 4.69) is 5.32 Å². The first kappa shape index (κ1) is 18.3. The molecule has 2 rings (SSSR count). The van der Waals surface area contributed by atoms with Crippen LogP contribution in [0.15, 0.2) is 34.7 Å². The fraction of sp³-hybridized carbons (Fsp3) is 0.214. The molecule has 0 aromatic carbocycles. The molecule has 5 nitrogen and oxygen atoms in total. The predicted octanol–water partition coefficient (Wildman–Crippen LogP) is 3.02. The van der Waals surface area contributed by atoms with Crippen molar-refractivity contribution in [3.8, 4) is 0 Å². The number of hydrogen-bond acceptors (Lipinski definition) is 6. The van der Waals surface area contributed by atoms with Crippen LogP contribution in [0.1, 0.15) is 4.88 Å². The van der Waals surface area contributed by atoms with Crippen molar-refractivity contribution in [2.45, 2.75) is 6.18 Å². The van der Waals surface area contributed by atoms with Crippen LogP contribution in [0.4, 0.5) is 18.0 Å². The molecule has 0 unspecified atom stereocenters. The monoisotopic (exact) mass is 376 g/mol. The Kier molecular flexibility index (Phi) is 5.84. The van der Waals surface area contributed by atoms with E-state index in [4.69, 9.17) is 0 Å². The minimum absolute atomic E-state index is 0.0169. The van der Waals surface area contributed by atoms with Gasteiger partial charge in [-0.1, -0.05) is 6.07 Å². The summed E-state index contributed by atoms with van der Waals surface area (Å²) in [6.45, 7) is 0.0168. The van der Waals surface area contributed by atoms with Gasteiger partial charge in [-0.05, 0) is 29.3 Å². The number of amides is 2. The zero-order valence-electron chi connectivity index (χ0n) is 12.0. The number of allylic oxidation sites excluding steroid dienone is 1. The molecule has 0 saturated carbocycles. The molecular formula is C14H11F3N2O3S2. The summed E-state index contributed by atoms with van der Waals surface area (Å²) in [5.41, 5.74) is 0. The Morgan fingerprint density at radius 3 is 2.71 bits per heavy atom. The molecule has 2 amide bonds. The van der Waals surface area contributed by atoms with E-state index < -0.39 is 23.1 Å². The number of nitrogens with one attached hydrogen (secondary N) is 1. The van der Waals surface area contributed by atoms with Crippen molar-refractivity contribution in [1.29, 1.82) is 0 Å². The normalized spacial score (nSPS) is 17.3. The van der Waals surface area contributed by atoms with E-state index in [1.54, 1.807) is 6.08 Å². The second kappa shape index (κ2) is 7.67. The number of nitrogens with zero attached hydrogens (tertiary/aromatic N) is 1. The second-order valence-corrected chi connectivity index (χ2v) is 6.47. The smallest absolute Gasteiger partial charge is 0.389 e. The minimum atomic E-state index is -4.92. The Bertz CT molecular complexity index is 697. The molecular weight excluding hydrogens is 365 g/mol. The SMILES string of the molecule is O=C1SC(=Cc2cccs2)C(=O)N1CCNC=CC(=O)C(F)(F)F. The molecule has 128 valence electrons. The molecule has 1 aliphatic heterocycles. The molecule has 1 saturated heterocycles. The van der Waals surface area contributed by atoms with Crippen molar-refractivity contribution in [1.82, 2.24) is 10.2 Å². The van der Waals surface area contributed by atoms with Crippen molar-refractivity contribution < 1.29 is 27.6 Å². The summed E-state index contributed by atoms with van der Waals surface area (Å²) in [5, 5.41) is 3.84. The van der Waals surface area contributed by atoms with Crippen LogP contribution < -0.4 is 5.32 Å². The van der Waals surface area contributed by atoms with Gasteiger partial charge >= 0.3 is 6.18 Å². The number of hydrogen-bond donors (Lipinski definition) is 1. The molecule has 1 fully saturated rings. The predicted molar refractivity (Wildman–Crippen MR) is 85.2 cm³/mol. The van der Waals surface area contributed by atoms with Crippen LogP contribution in [0.5, 0.6) is 0 Å². The lowest BCUT2D eigenvalue weighted by atomic mass is 10.3. The number of carbonyl (C=O) groups is 3. The van der Waals surface area contributed by atoms with Crippen LogP contribution in [-0.2, 0) is 9.59 Å². The Morgan fingerprint density at radius 1 is 1.33 bits per heavy atom. The first-order valence-electron chi connectivity index (χ1n) is 6.59. The summed E-state index contributed by atoms with van der Waals surface area (Å²) >= 11 is 2.23. The van der Waals surface area contributed by atoms with E-state index in [0.717, 1.165) is 27.7 Å². The zero-order chi connectivity index (χ0) is 17.7. The number of alkyl halides is 3. The number of thiophene rings is 1. The topological polar surface area (TPSA) is 66.5 Å². The Morgan fingerprint density at radius 2 is 2.08 bits per heavy atom. The molecule has 1 N–H and O–H groups in total. The van der Waals surface area contributed by atoms with Gasteiger partial charge in [-0.25, -0.2) is 0 Å². The van der Waals surface area contributed by atoms with Gasteiger partial charge < -0.3 is 5.32 Å². The average molecular weight is 376 g/mol. The summed E-state index contributed by atoms with van der Waals surface area (Å²) in [6.07, 6.45) is -2.11. The van der Waals surface area contributed by atoms with Crippen molar-refractivity contribution in [3.63, 3.8) is 0 Å². The maximum atomic E-state index is 12.1. The fourth-order valence-electron chi connectivity index (χ4n) is 1.68. The summed E-state index contributed by atoms with van der Waals surface area (Å²) in [6, 6.07) is 3.63. The van der Waals surface area contributed by atoms with Crippen LogP contribution >= 0.6 is 23.1 Å². The van der Waals surface area contributed by atoms with Gasteiger partial charge in [-0.3, -0.25) is 19.3 Å². The van der Waals surface area contributed by atoms with Crippen LogP contribution in [-0.4, -0.2) is 41.1 Å². The number of halogens is 3. The Labute approximate surface area is 143 Å². The van der Waals surface area contributed by atoms with E-state index >= 15 is 0 Å². The van der Waals surface area contributed by atoms with E-state index in [0.29, 0.717) is 11.0 Å². The van der Waals surface area contributed by atoms with Gasteiger partial charge in [-0.15, -0.1) is 11.3 Å². The Balaban J connectivity index is 1.85. The lowest BCUT2D eigenvalue weighted by molar-refractivity contribution is -0.165. The maximum Gasteiger partial charge on any atom is 0.454 e. The third-order valence-electron chi connectivity index (χ3n) is 2.80. The first-order valence-corrected chi connectivity index (χ1v) is 8.28. The highest BCUT2D eigenvalue weighted by molar-refractivity contribution is 8.18. The Hall–Kier alpha value is -2.07. The molecule has 1 aliphatic rings. The standard InChI is InChI=1S/C14H11F3N2O3S2/c15-14(16,17)11(20)3-4-18-5-6-19-12(21)10(24-13(19)22)8-9-2-1-7-23-9/h1-4,7-8,18H,5-6H2. The highest BCUT2D eigenvalue weighted by Gasteiger charge is 2.36. The highest BCUT2D eigenvalue weighted by atomic mass is 32.2. The van der Waals surface area contributed by atoms with Crippen molar-refractivity contribution in [2.75, 3.05) is 13.1 Å². The molecule has 0 aliphatic carbocycles. The molecule has 1 aromatic rings. The highest BCUT2D eigenvalue weighted by Crippen LogP contribution is 2.32. The summed E-state index contributed by atoms with van der Waals surface area (Å²) in [5.74, 6) is -2.43. The molecule has 24 heavy (non-hydrogen) atoms. The van der Waals surface area contributed by atoms with Gasteiger partial charge in [0.15, 0.2) is 0 Å². The summed E-state index contributed by atoms with van der Waals surface area (Å²) < 4.78 is 35.9. The van der Waals surface area contributed by atoms with Gasteiger partial charge in [-0.2, -0.15) is 13.2 Å². The van der Waals surface area contributed by atoms with Crippen molar-refractivity contribution in [3.05, 3.63) is 39.6 Å². The number of imide groups is 1. The lowest BCUT2D eigenvalue weighted by Crippen LogP contribution is -2.34. The maximum absolute atomic E-state index is 12.1. The fourth-order valence-corrected chi connectivity index (χ4v) is 3.27. The van der Waals surface area contributed by atoms with Crippen molar-refractivity contribution in [2.24, 2.45) is 0 Å². The van der Waals surface area contributed by atoms with Crippen LogP contribution in [0, 0.1) is 0 Å². The largest absolute Gasteiger partial charge is 0.454 e. The quantitative estimate of drug-likeness (QED) is 0.611. The number of ketones is 1. The van der Waals surface area contributed by atoms with E-state index in [-0.39, 0.29) is 13.1 Å². The molecule has 2 heterocycles. The molecule has 10 heteroatoms. The van der Waals surface area contributed by atoms with Gasteiger partial charge in [0.25, 0.3) is 16.9 Å². The molecule has 0 atom stereocenters. The molecule has 0 bridgehead atoms. The number of carbonyl (C=O) groups excluding carboxylic acids is 3. The van der Waals surface area contributed by atoms with E-state index in [9.17, 15) is 27.6 Å². The number of rotatable bonds is 6. The third kappa shape index (κ3) is 4.71. The van der Waals surface area contributed by atoms with Gasteiger partial charge in [0.1, 0.15) is 0 Å². The summed E-state index contributed by atoms with van der Waals surface area (Å²) in [4.78, 5) is 36.7. The third-order valence-corrected chi connectivity index (χ3v) is 4.53. The van der Waals surface area contributed by atoms with Crippen LogP contribution in [0.25, 0.3) is 6.08 Å². The minimum Gasteiger partial charge on any atom is -0.389 e. The van der Waals surface area contributed by atoms with Crippen LogP contribution in [0.2, 0.25) is 0 Å². The first-order chi connectivity index (χ1) is 11.3. The van der Waals surface area contributed by atoms with Crippen LogP contribution in [0.3, 0.4) is 0 Å². The molecule has 1 aromatic heterocycles. The molecule has 0 radical (unpaired) electrons. The number of thioether (sulfide) groups is 1. The van der Waals surface area contributed by atoms with E-state index in [1.165, 1.54) is 11.3 Å². The molecule has 0 spiro atoms. The second-order valence-electron chi connectivity index (χ2n) is 4.50. The lowest BCUT2D eigenvalue weighted by Gasteiger charge is -2.11. The van der Waals surface area contributed by atoms with E-state index in [1.807, 2.05) is 17.5 Å². The van der Waals surface area contributed by atoms with Gasteiger partial charge in [0, 0.05) is 30.2 Å². The summed E-state index contributed by atoms with van der Waals surface area (Å²) in [7, 11) is 0. The zero-order valence-corrected chi connectivity index (χ0v) is 13.6. The average Bonchev–Trinajstić information content (AvgIpc) is 3.09. The van der Waals surface area contributed by atoms with Crippen molar-refractivity contribution >= 4 is 46.1 Å².